The Morgan fingerprint density at radius 3 is 2.61 bits per heavy atom. The average molecular weight is 316 g/mol. The number of benzene rings is 1. The molecule has 0 aromatic heterocycles. The number of nitrogens with two attached hydrogens (primary N) is 1. The number of nitrogens with zero attached hydrogens (tertiary/aromatic N) is 1. The fourth-order valence-electron chi connectivity index (χ4n) is 1.25. The van der Waals surface area contributed by atoms with Crippen LogP contribution in [0.15, 0.2) is 22.7 Å². The number of nitro groups is 1. The second-order valence-electron chi connectivity index (χ2n) is 4.06. The molecule has 18 heavy (non-hydrogen) atoms. The van der Waals surface area contributed by atoms with Crippen LogP contribution in [0.5, 0.6) is 0 Å². The van der Waals surface area contributed by atoms with Crippen LogP contribution in [0.3, 0.4) is 0 Å². The summed E-state index contributed by atoms with van der Waals surface area (Å²) >= 11 is 3.15. The van der Waals surface area contributed by atoms with Gasteiger partial charge in [-0.3, -0.25) is 14.9 Å². The van der Waals surface area contributed by atoms with Gasteiger partial charge in [0.15, 0.2) is 0 Å². The fraction of sp³-hybridized carbons (Fsp3) is 0.364. The number of carbonyl (C=O) groups excluding carboxylic acids is 1. The smallest absolute Gasteiger partial charge is 0.293 e. The summed E-state index contributed by atoms with van der Waals surface area (Å²) in [6, 6.07) is 4.12. The Morgan fingerprint density at radius 1 is 1.50 bits per heavy atom. The number of anilines is 1. The van der Waals surface area contributed by atoms with E-state index in [1.54, 1.807) is 19.9 Å². The zero-order valence-corrected chi connectivity index (χ0v) is 11.6. The van der Waals surface area contributed by atoms with Crippen LogP contribution in [-0.4, -0.2) is 16.9 Å². The highest BCUT2D eigenvalue weighted by atomic mass is 79.9. The molecule has 0 aliphatic rings. The topological polar surface area (TPSA) is 98.3 Å². The Bertz CT molecular complexity index is 477. The highest BCUT2D eigenvalue weighted by Crippen LogP contribution is 2.28. The summed E-state index contributed by atoms with van der Waals surface area (Å²) < 4.78 is 0.576. The van der Waals surface area contributed by atoms with Crippen LogP contribution in [0.25, 0.3) is 0 Å². The molecule has 0 saturated carbocycles. The second kappa shape index (κ2) is 5.92. The summed E-state index contributed by atoms with van der Waals surface area (Å²) in [5.41, 5.74) is 5.62. The van der Waals surface area contributed by atoms with E-state index in [0.29, 0.717) is 4.47 Å². The van der Waals surface area contributed by atoms with E-state index in [0.717, 1.165) is 0 Å². The SMILES string of the molecule is CC(N)C(C)C(=O)Nc1ccc(Br)cc1[N+](=O)[O-]. The maximum atomic E-state index is 11.8. The van der Waals surface area contributed by atoms with Gasteiger partial charge in [0.05, 0.1) is 10.8 Å². The van der Waals surface area contributed by atoms with Crippen molar-refractivity contribution in [1.29, 1.82) is 0 Å². The first-order valence-electron chi connectivity index (χ1n) is 5.33. The third-order valence-electron chi connectivity index (χ3n) is 2.62. The third kappa shape index (κ3) is 3.51. The van der Waals surface area contributed by atoms with Crippen molar-refractivity contribution in [3.63, 3.8) is 0 Å². The molecule has 2 atom stereocenters. The summed E-state index contributed by atoms with van der Waals surface area (Å²) in [4.78, 5) is 22.1. The van der Waals surface area contributed by atoms with Crippen LogP contribution in [0.4, 0.5) is 11.4 Å². The number of hydrogen-bond donors (Lipinski definition) is 2. The van der Waals surface area contributed by atoms with Crippen molar-refractivity contribution < 1.29 is 9.72 Å². The molecular weight excluding hydrogens is 302 g/mol. The first-order valence-corrected chi connectivity index (χ1v) is 6.12. The van der Waals surface area contributed by atoms with Crippen LogP contribution in [0.2, 0.25) is 0 Å². The third-order valence-corrected chi connectivity index (χ3v) is 3.11. The van der Waals surface area contributed by atoms with Gasteiger partial charge in [-0.1, -0.05) is 22.9 Å². The van der Waals surface area contributed by atoms with Crippen molar-refractivity contribution in [3.05, 3.63) is 32.8 Å². The van der Waals surface area contributed by atoms with Gasteiger partial charge in [-0.05, 0) is 19.1 Å². The van der Waals surface area contributed by atoms with Crippen LogP contribution >= 0.6 is 15.9 Å². The van der Waals surface area contributed by atoms with Gasteiger partial charge in [-0.25, -0.2) is 0 Å². The van der Waals surface area contributed by atoms with E-state index in [4.69, 9.17) is 5.73 Å². The number of hydrogen-bond acceptors (Lipinski definition) is 4. The standard InChI is InChI=1S/C11H14BrN3O3/c1-6(7(2)13)11(16)14-9-4-3-8(12)5-10(9)15(17)18/h3-7H,13H2,1-2H3,(H,14,16). The fourth-order valence-corrected chi connectivity index (χ4v) is 1.60. The zero-order valence-electron chi connectivity index (χ0n) is 10.0. The van der Waals surface area contributed by atoms with Crippen LogP contribution in [-0.2, 0) is 4.79 Å². The van der Waals surface area contributed by atoms with Crippen LogP contribution in [0.1, 0.15) is 13.8 Å². The molecule has 0 heterocycles. The lowest BCUT2D eigenvalue weighted by Crippen LogP contribution is -2.34. The van der Waals surface area contributed by atoms with Gasteiger partial charge in [-0.15, -0.1) is 0 Å². The lowest BCUT2D eigenvalue weighted by Gasteiger charge is -2.15. The van der Waals surface area contributed by atoms with E-state index < -0.39 is 10.8 Å². The quantitative estimate of drug-likeness (QED) is 0.657. The van der Waals surface area contributed by atoms with Crippen molar-refractivity contribution in [2.24, 2.45) is 11.7 Å². The Balaban J connectivity index is 2.98. The molecule has 7 heteroatoms. The van der Waals surface area contributed by atoms with E-state index in [2.05, 4.69) is 21.2 Å². The van der Waals surface area contributed by atoms with Gasteiger partial charge in [-0.2, -0.15) is 0 Å². The van der Waals surface area contributed by atoms with E-state index >= 15 is 0 Å². The summed E-state index contributed by atoms with van der Waals surface area (Å²) in [6.07, 6.45) is 0. The van der Waals surface area contributed by atoms with Gasteiger partial charge in [0.25, 0.3) is 5.69 Å². The summed E-state index contributed by atoms with van der Waals surface area (Å²) in [7, 11) is 0. The molecule has 3 N–H and O–H groups in total. The average Bonchev–Trinajstić information content (AvgIpc) is 2.29. The molecular formula is C11H14BrN3O3. The minimum atomic E-state index is -0.545. The summed E-state index contributed by atoms with van der Waals surface area (Å²) in [5.74, 6) is -0.760. The molecule has 0 aliphatic carbocycles. The van der Waals surface area contributed by atoms with Gasteiger partial charge < -0.3 is 11.1 Å². The number of carbonyl (C=O) groups is 1. The Morgan fingerprint density at radius 2 is 2.11 bits per heavy atom. The Kier molecular flexibility index (Phi) is 4.80. The number of nitro benzene ring substituents is 1. The molecule has 0 spiro atoms. The van der Waals surface area contributed by atoms with Crippen molar-refractivity contribution in [1.82, 2.24) is 0 Å². The molecule has 0 aliphatic heterocycles. The molecule has 1 rings (SSSR count). The molecule has 1 aromatic rings. The number of nitrogens with one attached hydrogen (secondary N) is 1. The number of rotatable bonds is 4. The van der Waals surface area contributed by atoms with Crippen molar-refractivity contribution in [3.8, 4) is 0 Å². The number of amides is 1. The summed E-state index contributed by atoms with van der Waals surface area (Å²) in [5, 5.41) is 13.4. The lowest BCUT2D eigenvalue weighted by molar-refractivity contribution is -0.384. The molecule has 98 valence electrons. The maximum absolute atomic E-state index is 11.8. The van der Waals surface area contributed by atoms with E-state index in [9.17, 15) is 14.9 Å². The van der Waals surface area contributed by atoms with Gasteiger partial charge in [0, 0.05) is 16.6 Å². The molecule has 0 radical (unpaired) electrons. The monoisotopic (exact) mass is 315 g/mol. The zero-order chi connectivity index (χ0) is 13.9. The van der Waals surface area contributed by atoms with Gasteiger partial charge in [0.1, 0.15) is 5.69 Å². The predicted octanol–water partition coefficient (Wildman–Crippen LogP) is 2.28. The predicted molar refractivity (Wildman–Crippen MR) is 72.2 cm³/mol. The van der Waals surface area contributed by atoms with E-state index in [1.165, 1.54) is 12.1 Å². The molecule has 1 amide bonds. The maximum Gasteiger partial charge on any atom is 0.293 e. The molecule has 0 saturated heterocycles. The Labute approximate surface area is 113 Å². The Hall–Kier alpha value is -1.47. The highest BCUT2D eigenvalue weighted by molar-refractivity contribution is 9.10. The first kappa shape index (κ1) is 14.6. The highest BCUT2D eigenvalue weighted by Gasteiger charge is 2.21. The lowest BCUT2D eigenvalue weighted by atomic mass is 10.0. The summed E-state index contributed by atoms with van der Waals surface area (Å²) in [6.45, 7) is 3.38. The minimum Gasteiger partial charge on any atom is -0.327 e. The molecule has 0 fully saturated rings. The molecule has 6 nitrogen and oxygen atoms in total. The van der Waals surface area contributed by atoms with E-state index in [-0.39, 0.29) is 23.3 Å². The molecule has 0 bridgehead atoms. The van der Waals surface area contributed by atoms with Crippen molar-refractivity contribution >= 4 is 33.2 Å². The van der Waals surface area contributed by atoms with Gasteiger partial charge in [0.2, 0.25) is 5.91 Å². The van der Waals surface area contributed by atoms with Gasteiger partial charge >= 0.3 is 0 Å². The van der Waals surface area contributed by atoms with Crippen LogP contribution < -0.4 is 11.1 Å². The van der Waals surface area contributed by atoms with Crippen molar-refractivity contribution in [2.45, 2.75) is 19.9 Å². The molecule has 2 unspecified atom stereocenters. The second-order valence-corrected chi connectivity index (χ2v) is 4.97. The largest absolute Gasteiger partial charge is 0.327 e. The molecule has 1 aromatic carbocycles. The van der Waals surface area contributed by atoms with Crippen molar-refractivity contribution in [2.75, 3.05) is 5.32 Å². The van der Waals surface area contributed by atoms with E-state index in [1.807, 2.05) is 0 Å². The number of halogens is 1. The first-order chi connectivity index (χ1) is 8.32. The normalized spacial score (nSPS) is 13.8. The van der Waals surface area contributed by atoms with Crippen LogP contribution in [0, 0.1) is 16.0 Å². The minimum absolute atomic E-state index is 0.158.